The molecule has 0 radical (unpaired) electrons. The summed E-state index contributed by atoms with van der Waals surface area (Å²) in [5, 5.41) is 3.39. The molecule has 0 spiro atoms. The smallest absolute Gasteiger partial charge is 0.277 e. The minimum atomic E-state index is -0.528. The lowest BCUT2D eigenvalue weighted by atomic mass is 10.1. The number of benzene rings is 3. The van der Waals surface area contributed by atoms with Gasteiger partial charge in [0.1, 0.15) is 23.1 Å². The van der Waals surface area contributed by atoms with E-state index < -0.39 is 11.4 Å². The molecule has 0 saturated heterocycles. The highest BCUT2D eigenvalue weighted by atomic mass is 19.1. The number of aryl methyl sites for hydroxylation is 1. The van der Waals surface area contributed by atoms with Crippen LogP contribution < -0.4 is 10.9 Å². The number of nitrogens with zero attached hydrogens (tertiary/aromatic N) is 4. The lowest BCUT2D eigenvalue weighted by molar-refractivity contribution is -0.119. The van der Waals surface area contributed by atoms with Crippen LogP contribution in [0, 0.1) is 24.5 Å². The highest BCUT2D eigenvalue weighted by molar-refractivity contribution is 5.95. The average molecular weight is 598 g/mol. The molecule has 0 aliphatic carbocycles. The minimum Gasteiger partial charge on any atom is -0.345 e. The first-order valence-electron chi connectivity index (χ1n) is 14.3. The summed E-state index contributed by atoms with van der Waals surface area (Å²) in [5.74, 6) is -1.51. The van der Waals surface area contributed by atoms with Crippen molar-refractivity contribution in [1.82, 2.24) is 19.0 Å². The maximum Gasteiger partial charge on any atom is 0.277 e. The third-order valence-electron chi connectivity index (χ3n) is 7.67. The first-order chi connectivity index (χ1) is 21.0. The number of fused-ring (bicyclic) bond motifs is 1. The lowest BCUT2D eigenvalue weighted by Crippen LogP contribution is -2.30. The Kier molecular flexibility index (Phi) is 8.44. The summed E-state index contributed by atoms with van der Waals surface area (Å²) in [7, 11) is 3.29. The predicted molar refractivity (Wildman–Crippen MR) is 167 cm³/mol. The lowest BCUT2D eigenvalue weighted by Gasteiger charge is -2.17. The van der Waals surface area contributed by atoms with Crippen molar-refractivity contribution >= 4 is 28.4 Å². The molecule has 0 unspecified atom stereocenters. The number of nitrogens with one attached hydrogen (secondary N) is 1. The summed E-state index contributed by atoms with van der Waals surface area (Å²) in [6.07, 6.45) is 3.70. The van der Waals surface area contributed by atoms with E-state index in [1.165, 1.54) is 39.9 Å². The van der Waals surface area contributed by atoms with Crippen molar-refractivity contribution in [2.24, 2.45) is 5.92 Å². The van der Waals surface area contributed by atoms with E-state index in [2.05, 4.69) is 10.3 Å². The fraction of sp³-hybridized carbons (Fsp3) is 0.235. The molecule has 2 aromatic heterocycles. The van der Waals surface area contributed by atoms with Crippen molar-refractivity contribution < 1.29 is 18.4 Å². The van der Waals surface area contributed by atoms with E-state index in [1.807, 2.05) is 13.8 Å². The fourth-order valence-electron chi connectivity index (χ4n) is 5.07. The van der Waals surface area contributed by atoms with Crippen molar-refractivity contribution in [2.45, 2.75) is 33.7 Å². The molecule has 1 atom stereocenters. The molecule has 0 bridgehead atoms. The molecule has 5 rings (SSSR count). The van der Waals surface area contributed by atoms with E-state index in [9.17, 15) is 18.8 Å². The summed E-state index contributed by atoms with van der Waals surface area (Å²) in [5.41, 5.74) is 2.85. The van der Waals surface area contributed by atoms with E-state index in [0.29, 0.717) is 39.7 Å². The number of carbonyl (C=O) groups excluding carboxylic acids is 2. The van der Waals surface area contributed by atoms with Gasteiger partial charge in [0, 0.05) is 48.4 Å². The molecule has 1 N–H and O–H groups in total. The quantitative estimate of drug-likeness (QED) is 0.232. The van der Waals surface area contributed by atoms with E-state index in [-0.39, 0.29) is 41.6 Å². The van der Waals surface area contributed by atoms with Crippen LogP contribution in [0.15, 0.2) is 77.9 Å². The molecule has 5 aromatic rings. The van der Waals surface area contributed by atoms with E-state index in [4.69, 9.17) is 0 Å². The third-order valence-corrected chi connectivity index (χ3v) is 7.67. The Balaban J connectivity index is 1.64. The molecule has 0 aliphatic rings. The van der Waals surface area contributed by atoms with Crippen molar-refractivity contribution in [2.75, 3.05) is 19.4 Å². The molecule has 226 valence electrons. The van der Waals surface area contributed by atoms with Crippen LogP contribution in [-0.4, -0.2) is 44.9 Å². The van der Waals surface area contributed by atoms with Crippen molar-refractivity contribution in [3.05, 3.63) is 112 Å². The van der Waals surface area contributed by atoms with Crippen molar-refractivity contribution in [1.29, 1.82) is 0 Å². The van der Waals surface area contributed by atoms with Crippen LogP contribution in [0.25, 0.3) is 28.0 Å². The molecule has 0 fully saturated rings. The first kappa shape index (κ1) is 30.3. The summed E-state index contributed by atoms with van der Waals surface area (Å²) in [6.45, 7) is 5.40. The van der Waals surface area contributed by atoms with Gasteiger partial charge in [-0.15, -0.1) is 0 Å². The molecule has 2 heterocycles. The summed E-state index contributed by atoms with van der Waals surface area (Å²) in [6, 6.07) is 15.6. The van der Waals surface area contributed by atoms with E-state index in [1.54, 1.807) is 68.2 Å². The van der Waals surface area contributed by atoms with E-state index >= 15 is 4.39 Å². The Morgan fingerprint density at radius 1 is 1.02 bits per heavy atom. The zero-order valence-corrected chi connectivity index (χ0v) is 25.2. The highest BCUT2D eigenvalue weighted by Gasteiger charge is 2.19. The number of carbonyl (C=O) groups is 2. The molecule has 8 nitrogen and oxygen atoms in total. The normalized spacial score (nSPS) is 11.9. The molecule has 2 amide bonds. The van der Waals surface area contributed by atoms with Gasteiger partial charge < -0.3 is 14.8 Å². The molecule has 0 aliphatic heterocycles. The van der Waals surface area contributed by atoms with Gasteiger partial charge in [-0.3, -0.25) is 19.0 Å². The summed E-state index contributed by atoms with van der Waals surface area (Å²) >= 11 is 0. The Labute approximate surface area is 253 Å². The maximum atomic E-state index is 15.1. The largest absolute Gasteiger partial charge is 0.345 e. The van der Waals surface area contributed by atoms with Gasteiger partial charge in [-0.2, -0.15) is 0 Å². The molecule has 10 heteroatoms. The van der Waals surface area contributed by atoms with Crippen molar-refractivity contribution in [3.63, 3.8) is 0 Å². The standard InChI is InChI=1S/C34H33F2N5O3/c1-6-20(2)32(42)38-29-17-37-31(23-8-7-9-24(14-23)33(43)39(4)5)41(34(29)44)19-22-12-26(36)15-27(13-22)40-18-21(3)28-16-25(35)10-11-30(28)40/h7-18,20H,6,19H2,1-5H3,(H,38,42)/t20-/m1/s1. The van der Waals surface area contributed by atoms with Gasteiger partial charge in [0.2, 0.25) is 5.91 Å². The van der Waals surface area contributed by atoms with Gasteiger partial charge in [0.25, 0.3) is 11.5 Å². The average Bonchev–Trinajstić information content (AvgIpc) is 3.33. The molecule has 44 heavy (non-hydrogen) atoms. The Bertz CT molecular complexity index is 1960. The maximum absolute atomic E-state index is 15.1. The Morgan fingerprint density at radius 2 is 1.80 bits per heavy atom. The van der Waals surface area contributed by atoms with E-state index in [0.717, 1.165) is 5.56 Å². The molecular formula is C34H33F2N5O3. The topological polar surface area (TPSA) is 89.2 Å². The van der Waals surface area contributed by atoms with Crippen LogP contribution in [0.3, 0.4) is 0 Å². The number of amides is 2. The van der Waals surface area contributed by atoms with Gasteiger partial charge in [-0.1, -0.05) is 26.0 Å². The summed E-state index contributed by atoms with van der Waals surface area (Å²) < 4.78 is 32.2. The SMILES string of the molecule is CC[C@@H](C)C(=O)Nc1cnc(-c2cccc(C(=O)N(C)C)c2)n(Cc2cc(F)cc(-n3cc(C)c4cc(F)ccc43)c2)c1=O. The Morgan fingerprint density at radius 3 is 2.52 bits per heavy atom. The highest BCUT2D eigenvalue weighted by Crippen LogP contribution is 2.27. The van der Waals surface area contributed by atoms with Gasteiger partial charge >= 0.3 is 0 Å². The number of anilines is 1. The van der Waals surface area contributed by atoms with Gasteiger partial charge in [-0.05, 0) is 73.0 Å². The second kappa shape index (κ2) is 12.2. The van der Waals surface area contributed by atoms with Gasteiger partial charge in [-0.25, -0.2) is 13.8 Å². The number of aromatic nitrogens is 3. The predicted octanol–water partition coefficient (Wildman–Crippen LogP) is 6.18. The minimum absolute atomic E-state index is 0.00902. The van der Waals surface area contributed by atoms with Crippen LogP contribution in [0.5, 0.6) is 0 Å². The molecule has 0 saturated carbocycles. The molecule has 3 aromatic carbocycles. The van der Waals surface area contributed by atoms with Gasteiger partial charge in [0.05, 0.1) is 18.3 Å². The number of hydrogen-bond donors (Lipinski definition) is 1. The van der Waals surface area contributed by atoms with Gasteiger partial charge in [0.15, 0.2) is 0 Å². The molecular weight excluding hydrogens is 564 g/mol. The number of rotatable bonds is 8. The van der Waals surface area contributed by atoms with Crippen LogP contribution in [-0.2, 0) is 11.3 Å². The monoisotopic (exact) mass is 597 g/mol. The zero-order chi connectivity index (χ0) is 31.7. The first-order valence-corrected chi connectivity index (χ1v) is 14.3. The van der Waals surface area contributed by atoms with Crippen molar-refractivity contribution in [3.8, 4) is 17.1 Å². The third kappa shape index (κ3) is 6.01. The van der Waals surface area contributed by atoms with Crippen LogP contribution in [0.4, 0.5) is 14.5 Å². The zero-order valence-electron chi connectivity index (χ0n) is 25.2. The van der Waals surface area contributed by atoms with Crippen LogP contribution in [0.1, 0.15) is 41.8 Å². The second-order valence-electron chi connectivity index (χ2n) is 11.1. The number of hydrogen-bond acceptors (Lipinski definition) is 4. The second-order valence-corrected chi connectivity index (χ2v) is 11.1. The van der Waals surface area contributed by atoms with Crippen LogP contribution >= 0.6 is 0 Å². The number of halogens is 2. The summed E-state index contributed by atoms with van der Waals surface area (Å²) in [4.78, 5) is 45.2. The Hall–Kier alpha value is -5.12. The fourth-order valence-corrected chi connectivity index (χ4v) is 5.07. The van der Waals surface area contributed by atoms with Crippen LogP contribution in [0.2, 0.25) is 0 Å².